The predicted molar refractivity (Wildman–Crippen MR) is 72.0 cm³/mol. The number of amides is 1. The van der Waals surface area contributed by atoms with Gasteiger partial charge in [0, 0.05) is 20.0 Å². The second-order valence-corrected chi connectivity index (χ2v) is 5.60. The second kappa shape index (κ2) is 7.26. The van der Waals surface area contributed by atoms with E-state index in [2.05, 4.69) is 4.74 Å². The molecule has 1 aliphatic carbocycles. The molecule has 1 saturated carbocycles. The number of hydrogen-bond donors (Lipinski definition) is 1. The summed E-state index contributed by atoms with van der Waals surface area (Å²) in [5.74, 6) is -1.31. The van der Waals surface area contributed by atoms with Gasteiger partial charge in [-0.2, -0.15) is 0 Å². The highest BCUT2D eigenvalue weighted by atomic mass is 16.5. The van der Waals surface area contributed by atoms with Crippen molar-refractivity contribution < 1.29 is 24.2 Å². The number of hydrogen-bond acceptors (Lipinski definition) is 4. The molecule has 0 atom stereocenters. The second-order valence-electron chi connectivity index (χ2n) is 5.60. The van der Waals surface area contributed by atoms with Crippen LogP contribution >= 0.6 is 0 Å². The summed E-state index contributed by atoms with van der Waals surface area (Å²) in [5.41, 5.74) is -0.400. The minimum Gasteiger partial charge on any atom is -0.481 e. The molecule has 0 saturated heterocycles. The number of carbonyl (C=O) groups is 3. The van der Waals surface area contributed by atoms with E-state index in [4.69, 9.17) is 5.11 Å². The van der Waals surface area contributed by atoms with Gasteiger partial charge in [-0.3, -0.25) is 14.4 Å². The molecule has 1 amide bonds. The van der Waals surface area contributed by atoms with Crippen molar-refractivity contribution in [2.45, 2.75) is 44.9 Å². The van der Waals surface area contributed by atoms with E-state index in [1.165, 1.54) is 12.0 Å². The van der Waals surface area contributed by atoms with Crippen molar-refractivity contribution in [3.63, 3.8) is 0 Å². The summed E-state index contributed by atoms with van der Waals surface area (Å²) in [6.45, 7) is 0.300. The molecular formula is C14H23NO5. The van der Waals surface area contributed by atoms with Gasteiger partial charge < -0.3 is 14.7 Å². The minimum atomic E-state index is -0.850. The van der Waals surface area contributed by atoms with E-state index >= 15 is 0 Å². The van der Waals surface area contributed by atoms with Crippen LogP contribution in [0.25, 0.3) is 0 Å². The van der Waals surface area contributed by atoms with Crippen LogP contribution in [0.5, 0.6) is 0 Å². The Bertz CT molecular complexity index is 374. The lowest BCUT2D eigenvalue weighted by molar-refractivity contribution is -0.141. The van der Waals surface area contributed by atoms with Crippen LogP contribution in [0.15, 0.2) is 0 Å². The van der Waals surface area contributed by atoms with Crippen molar-refractivity contribution in [2.24, 2.45) is 5.41 Å². The Balaban J connectivity index is 2.53. The van der Waals surface area contributed by atoms with Gasteiger partial charge in [0.1, 0.15) is 0 Å². The van der Waals surface area contributed by atoms with E-state index in [0.717, 1.165) is 25.7 Å². The molecule has 1 fully saturated rings. The summed E-state index contributed by atoms with van der Waals surface area (Å²) in [6.07, 6.45) is 3.98. The zero-order valence-corrected chi connectivity index (χ0v) is 12.2. The number of rotatable bonds is 7. The number of methoxy groups -OCH3 is 1. The maximum Gasteiger partial charge on any atom is 0.307 e. The fourth-order valence-corrected chi connectivity index (χ4v) is 2.80. The number of carboxylic acids is 1. The highest BCUT2D eigenvalue weighted by Gasteiger charge is 2.38. The van der Waals surface area contributed by atoms with Crippen LogP contribution in [0, 0.1) is 5.41 Å². The molecule has 114 valence electrons. The maximum atomic E-state index is 12.2. The molecule has 0 radical (unpaired) electrons. The van der Waals surface area contributed by atoms with Gasteiger partial charge in [0.15, 0.2) is 0 Å². The van der Waals surface area contributed by atoms with E-state index in [1.54, 1.807) is 7.05 Å². The van der Waals surface area contributed by atoms with Crippen LogP contribution in [-0.4, -0.2) is 48.6 Å². The molecule has 20 heavy (non-hydrogen) atoms. The fourth-order valence-electron chi connectivity index (χ4n) is 2.80. The summed E-state index contributed by atoms with van der Waals surface area (Å²) in [6, 6.07) is 0. The van der Waals surface area contributed by atoms with Crippen molar-refractivity contribution >= 4 is 17.8 Å². The number of carbonyl (C=O) groups excluding carboxylic acids is 2. The Morgan fingerprint density at radius 3 is 2.30 bits per heavy atom. The number of esters is 1. The van der Waals surface area contributed by atoms with Crippen molar-refractivity contribution in [3.05, 3.63) is 0 Å². The lowest BCUT2D eigenvalue weighted by Crippen LogP contribution is -2.34. The highest BCUT2D eigenvalue weighted by Crippen LogP contribution is 2.44. The summed E-state index contributed by atoms with van der Waals surface area (Å²) in [7, 11) is 2.94. The summed E-state index contributed by atoms with van der Waals surface area (Å²) in [4.78, 5) is 35.7. The molecule has 0 unspecified atom stereocenters. The molecule has 6 heteroatoms. The third-order valence-corrected chi connectivity index (χ3v) is 4.02. The number of aliphatic carboxylic acids is 1. The van der Waals surface area contributed by atoms with Crippen LogP contribution in [0.4, 0.5) is 0 Å². The lowest BCUT2D eigenvalue weighted by atomic mass is 9.79. The first-order chi connectivity index (χ1) is 9.38. The molecule has 1 aliphatic rings. The van der Waals surface area contributed by atoms with Crippen molar-refractivity contribution in [1.29, 1.82) is 0 Å². The van der Waals surface area contributed by atoms with E-state index in [-0.39, 0.29) is 31.1 Å². The van der Waals surface area contributed by atoms with E-state index < -0.39 is 11.4 Å². The van der Waals surface area contributed by atoms with Gasteiger partial charge in [0.05, 0.1) is 20.0 Å². The monoisotopic (exact) mass is 285 g/mol. The number of carboxylic acid groups (broad SMARTS) is 1. The first-order valence-electron chi connectivity index (χ1n) is 6.91. The Morgan fingerprint density at radius 2 is 1.80 bits per heavy atom. The molecule has 0 aliphatic heterocycles. The van der Waals surface area contributed by atoms with Crippen LogP contribution in [0.1, 0.15) is 44.9 Å². The van der Waals surface area contributed by atoms with E-state index in [9.17, 15) is 14.4 Å². The quantitative estimate of drug-likeness (QED) is 0.715. The smallest absolute Gasteiger partial charge is 0.307 e. The van der Waals surface area contributed by atoms with Crippen molar-refractivity contribution in [2.75, 3.05) is 20.7 Å². The van der Waals surface area contributed by atoms with E-state index in [1.807, 2.05) is 0 Å². The average molecular weight is 285 g/mol. The summed E-state index contributed by atoms with van der Waals surface area (Å²) < 4.78 is 4.53. The number of nitrogens with zero attached hydrogens (tertiary/aromatic N) is 1. The standard InChI is InChI=1S/C14H23NO5/c1-15(8-5-13(19)20-2)11(16)9-14(10-12(17)18)6-3-4-7-14/h3-10H2,1-2H3,(H,17,18). The fraction of sp³-hybridized carbons (Fsp3) is 0.786. The van der Waals surface area contributed by atoms with Crippen molar-refractivity contribution in [3.8, 4) is 0 Å². The van der Waals surface area contributed by atoms with Crippen LogP contribution in [0.3, 0.4) is 0 Å². The normalized spacial score (nSPS) is 16.7. The Labute approximate surface area is 119 Å². The average Bonchev–Trinajstić information content (AvgIpc) is 2.82. The lowest BCUT2D eigenvalue weighted by Gasteiger charge is -2.28. The third kappa shape index (κ3) is 4.83. The van der Waals surface area contributed by atoms with Gasteiger partial charge in [-0.15, -0.1) is 0 Å². The minimum absolute atomic E-state index is 0.0452. The Kier molecular flexibility index (Phi) is 5.98. The third-order valence-electron chi connectivity index (χ3n) is 4.02. The first kappa shape index (κ1) is 16.5. The van der Waals surface area contributed by atoms with Gasteiger partial charge in [-0.1, -0.05) is 12.8 Å². The largest absolute Gasteiger partial charge is 0.481 e. The Morgan fingerprint density at radius 1 is 1.20 bits per heavy atom. The summed E-state index contributed by atoms with van der Waals surface area (Å²) >= 11 is 0. The molecular weight excluding hydrogens is 262 g/mol. The SMILES string of the molecule is COC(=O)CCN(C)C(=O)CC1(CC(=O)O)CCCC1. The molecule has 1 N–H and O–H groups in total. The molecule has 0 aromatic carbocycles. The topological polar surface area (TPSA) is 83.9 Å². The van der Waals surface area contributed by atoms with Gasteiger partial charge in [0.2, 0.25) is 5.91 Å². The van der Waals surface area contributed by atoms with E-state index in [0.29, 0.717) is 6.54 Å². The van der Waals surface area contributed by atoms with Gasteiger partial charge in [-0.05, 0) is 18.3 Å². The maximum absolute atomic E-state index is 12.2. The van der Waals surface area contributed by atoms with Gasteiger partial charge in [-0.25, -0.2) is 0 Å². The first-order valence-corrected chi connectivity index (χ1v) is 6.91. The number of ether oxygens (including phenoxy) is 1. The molecule has 0 aromatic heterocycles. The van der Waals surface area contributed by atoms with Gasteiger partial charge in [0.25, 0.3) is 0 Å². The molecule has 6 nitrogen and oxygen atoms in total. The highest BCUT2D eigenvalue weighted by molar-refractivity contribution is 5.79. The van der Waals surface area contributed by atoms with Crippen molar-refractivity contribution in [1.82, 2.24) is 4.90 Å². The van der Waals surface area contributed by atoms with Gasteiger partial charge >= 0.3 is 11.9 Å². The van der Waals surface area contributed by atoms with Crippen LogP contribution in [-0.2, 0) is 19.1 Å². The zero-order valence-electron chi connectivity index (χ0n) is 12.2. The van der Waals surface area contributed by atoms with Crippen LogP contribution in [0.2, 0.25) is 0 Å². The molecule has 0 heterocycles. The Hall–Kier alpha value is -1.59. The predicted octanol–water partition coefficient (Wildman–Crippen LogP) is 1.43. The molecule has 0 aromatic rings. The molecule has 1 rings (SSSR count). The van der Waals surface area contributed by atoms with Crippen LogP contribution < -0.4 is 0 Å². The zero-order chi connectivity index (χ0) is 15.2. The summed E-state index contributed by atoms with van der Waals surface area (Å²) in [5, 5.41) is 9.01. The molecule has 0 spiro atoms. The molecule has 0 bridgehead atoms.